The number of nitrogens with one attached hydrogen (secondary N) is 1. The second-order valence-electron chi connectivity index (χ2n) is 5.18. The third-order valence-electron chi connectivity index (χ3n) is 3.47. The predicted molar refractivity (Wildman–Crippen MR) is 78.8 cm³/mol. The van der Waals surface area contributed by atoms with E-state index in [1.807, 2.05) is 12.5 Å². The predicted octanol–water partition coefficient (Wildman–Crippen LogP) is 3.39. The Labute approximate surface area is 115 Å². The van der Waals surface area contributed by atoms with Crippen molar-refractivity contribution in [3.8, 4) is 0 Å². The van der Waals surface area contributed by atoms with Crippen molar-refractivity contribution >= 4 is 0 Å². The van der Waals surface area contributed by atoms with Crippen LogP contribution in [0.25, 0.3) is 0 Å². The van der Waals surface area contributed by atoms with Crippen molar-refractivity contribution in [2.45, 2.75) is 39.9 Å². The van der Waals surface area contributed by atoms with E-state index < -0.39 is 0 Å². The van der Waals surface area contributed by atoms with Crippen LogP contribution in [-0.2, 0) is 13.1 Å². The highest BCUT2D eigenvalue weighted by atomic mass is 15.1. The van der Waals surface area contributed by atoms with Crippen molar-refractivity contribution in [2.24, 2.45) is 5.92 Å². The number of rotatable bonds is 6. The van der Waals surface area contributed by atoms with Gasteiger partial charge in [0, 0.05) is 25.3 Å². The van der Waals surface area contributed by atoms with Crippen LogP contribution in [0.1, 0.15) is 38.1 Å². The van der Waals surface area contributed by atoms with Gasteiger partial charge in [-0.15, -0.1) is 0 Å². The third kappa shape index (κ3) is 3.44. The maximum atomic E-state index is 4.21. The lowest BCUT2D eigenvalue weighted by atomic mass is 9.96. The molecule has 1 aromatic heterocycles. The van der Waals surface area contributed by atoms with E-state index in [4.69, 9.17) is 0 Å². The van der Waals surface area contributed by atoms with Crippen LogP contribution in [0.5, 0.6) is 0 Å². The molecular formula is C16H23N3. The Bertz CT molecular complexity index is 488. The molecule has 1 unspecified atom stereocenters. The molecule has 0 bridgehead atoms. The number of benzene rings is 1. The Hall–Kier alpha value is -1.61. The SMILES string of the molecule is CCn1cncc1CNC(c1ccccc1)C(C)C. The second kappa shape index (κ2) is 6.53. The van der Waals surface area contributed by atoms with Crippen LogP contribution in [0.2, 0.25) is 0 Å². The Kier molecular flexibility index (Phi) is 4.74. The van der Waals surface area contributed by atoms with Gasteiger partial charge in [-0.1, -0.05) is 44.2 Å². The fraction of sp³-hybridized carbons (Fsp3) is 0.438. The first kappa shape index (κ1) is 13.8. The first-order chi connectivity index (χ1) is 9.22. The molecule has 0 radical (unpaired) electrons. The molecule has 0 fully saturated rings. The van der Waals surface area contributed by atoms with E-state index in [1.54, 1.807) is 0 Å². The fourth-order valence-electron chi connectivity index (χ4n) is 2.39. The molecule has 3 heteroatoms. The molecule has 2 rings (SSSR count). The van der Waals surface area contributed by atoms with Crippen molar-refractivity contribution in [3.05, 3.63) is 54.1 Å². The van der Waals surface area contributed by atoms with E-state index in [0.717, 1.165) is 13.1 Å². The highest BCUT2D eigenvalue weighted by Gasteiger charge is 2.15. The summed E-state index contributed by atoms with van der Waals surface area (Å²) in [6.07, 6.45) is 3.84. The van der Waals surface area contributed by atoms with Gasteiger partial charge in [0.05, 0.1) is 12.0 Å². The molecule has 1 N–H and O–H groups in total. The van der Waals surface area contributed by atoms with Crippen LogP contribution in [0.15, 0.2) is 42.9 Å². The first-order valence-electron chi connectivity index (χ1n) is 6.99. The number of hydrogen-bond donors (Lipinski definition) is 1. The first-order valence-corrected chi connectivity index (χ1v) is 6.99. The standard InChI is InChI=1S/C16H23N3/c1-4-19-12-17-10-15(19)11-18-16(13(2)3)14-8-6-5-7-9-14/h5-10,12-13,16,18H,4,11H2,1-3H3. The molecule has 0 saturated heterocycles. The van der Waals surface area contributed by atoms with Gasteiger partial charge in [0.25, 0.3) is 0 Å². The summed E-state index contributed by atoms with van der Waals surface area (Å²) in [4.78, 5) is 4.21. The summed E-state index contributed by atoms with van der Waals surface area (Å²) in [6, 6.07) is 11.0. The van der Waals surface area contributed by atoms with Gasteiger partial charge in [-0.3, -0.25) is 0 Å². The average molecular weight is 257 g/mol. The van der Waals surface area contributed by atoms with Crippen LogP contribution >= 0.6 is 0 Å². The van der Waals surface area contributed by atoms with Gasteiger partial charge in [0.2, 0.25) is 0 Å². The average Bonchev–Trinajstić information content (AvgIpc) is 2.87. The summed E-state index contributed by atoms with van der Waals surface area (Å²) in [6.45, 7) is 8.46. The van der Waals surface area contributed by atoms with Gasteiger partial charge < -0.3 is 9.88 Å². The van der Waals surface area contributed by atoms with Gasteiger partial charge in [0.15, 0.2) is 0 Å². The molecule has 2 aromatic rings. The van der Waals surface area contributed by atoms with Crippen molar-refractivity contribution in [1.82, 2.24) is 14.9 Å². The zero-order chi connectivity index (χ0) is 13.7. The Morgan fingerprint density at radius 2 is 1.95 bits per heavy atom. The van der Waals surface area contributed by atoms with E-state index >= 15 is 0 Å². The quantitative estimate of drug-likeness (QED) is 0.859. The maximum absolute atomic E-state index is 4.21. The largest absolute Gasteiger partial charge is 0.334 e. The topological polar surface area (TPSA) is 29.9 Å². The van der Waals surface area contributed by atoms with Crippen molar-refractivity contribution in [1.29, 1.82) is 0 Å². The number of imidazole rings is 1. The summed E-state index contributed by atoms with van der Waals surface area (Å²) in [5.41, 5.74) is 2.59. The molecule has 102 valence electrons. The van der Waals surface area contributed by atoms with Crippen molar-refractivity contribution in [2.75, 3.05) is 0 Å². The molecule has 0 amide bonds. The second-order valence-corrected chi connectivity index (χ2v) is 5.18. The molecule has 1 atom stereocenters. The van der Waals surface area contributed by atoms with E-state index in [1.165, 1.54) is 11.3 Å². The smallest absolute Gasteiger partial charge is 0.0948 e. The lowest BCUT2D eigenvalue weighted by Gasteiger charge is -2.23. The molecular weight excluding hydrogens is 234 g/mol. The van der Waals surface area contributed by atoms with Gasteiger partial charge in [-0.05, 0) is 18.4 Å². The van der Waals surface area contributed by atoms with E-state index in [-0.39, 0.29) is 0 Å². The van der Waals surface area contributed by atoms with Gasteiger partial charge >= 0.3 is 0 Å². The van der Waals surface area contributed by atoms with Crippen molar-refractivity contribution < 1.29 is 0 Å². The summed E-state index contributed by atoms with van der Waals surface area (Å²) < 4.78 is 2.18. The Morgan fingerprint density at radius 1 is 1.21 bits per heavy atom. The number of nitrogens with zero attached hydrogens (tertiary/aromatic N) is 2. The van der Waals surface area contributed by atoms with Gasteiger partial charge in [0.1, 0.15) is 0 Å². The van der Waals surface area contributed by atoms with Gasteiger partial charge in [-0.2, -0.15) is 0 Å². The normalized spacial score (nSPS) is 12.8. The van der Waals surface area contributed by atoms with Crippen LogP contribution in [-0.4, -0.2) is 9.55 Å². The molecule has 1 aromatic carbocycles. The molecule has 3 nitrogen and oxygen atoms in total. The van der Waals surface area contributed by atoms with Crippen LogP contribution in [0, 0.1) is 5.92 Å². The third-order valence-corrected chi connectivity index (χ3v) is 3.47. The van der Waals surface area contributed by atoms with Crippen LogP contribution in [0.4, 0.5) is 0 Å². The lowest BCUT2D eigenvalue weighted by molar-refractivity contribution is 0.405. The number of hydrogen-bond acceptors (Lipinski definition) is 2. The number of aromatic nitrogens is 2. The van der Waals surface area contributed by atoms with Crippen molar-refractivity contribution in [3.63, 3.8) is 0 Å². The minimum absolute atomic E-state index is 0.376. The molecule has 0 aliphatic heterocycles. The molecule has 0 aliphatic carbocycles. The highest BCUT2D eigenvalue weighted by molar-refractivity contribution is 5.19. The monoisotopic (exact) mass is 257 g/mol. The Morgan fingerprint density at radius 3 is 2.58 bits per heavy atom. The zero-order valence-electron chi connectivity index (χ0n) is 12.0. The van der Waals surface area contributed by atoms with E-state index in [9.17, 15) is 0 Å². The number of aryl methyl sites for hydroxylation is 1. The van der Waals surface area contributed by atoms with Gasteiger partial charge in [-0.25, -0.2) is 4.98 Å². The minimum Gasteiger partial charge on any atom is -0.334 e. The van der Waals surface area contributed by atoms with Crippen LogP contribution < -0.4 is 5.32 Å². The molecule has 0 spiro atoms. The van der Waals surface area contributed by atoms with Crippen LogP contribution in [0.3, 0.4) is 0 Å². The van der Waals surface area contributed by atoms with E-state index in [0.29, 0.717) is 12.0 Å². The molecule has 19 heavy (non-hydrogen) atoms. The maximum Gasteiger partial charge on any atom is 0.0948 e. The molecule has 0 aliphatic rings. The molecule has 1 heterocycles. The summed E-state index contributed by atoms with van der Waals surface area (Å²) in [5, 5.41) is 3.65. The summed E-state index contributed by atoms with van der Waals surface area (Å²) in [7, 11) is 0. The Balaban J connectivity index is 2.06. The summed E-state index contributed by atoms with van der Waals surface area (Å²) in [5.74, 6) is 0.556. The fourth-order valence-corrected chi connectivity index (χ4v) is 2.39. The lowest BCUT2D eigenvalue weighted by Crippen LogP contribution is -2.26. The molecule has 0 saturated carbocycles. The zero-order valence-corrected chi connectivity index (χ0v) is 12.0. The highest BCUT2D eigenvalue weighted by Crippen LogP contribution is 2.21. The van der Waals surface area contributed by atoms with E-state index in [2.05, 4.69) is 66.0 Å². The summed E-state index contributed by atoms with van der Waals surface area (Å²) >= 11 is 0. The minimum atomic E-state index is 0.376.